The van der Waals surface area contributed by atoms with Crippen molar-refractivity contribution >= 4 is 17.4 Å². The predicted octanol–water partition coefficient (Wildman–Crippen LogP) is 2.04. The van der Waals surface area contributed by atoms with Gasteiger partial charge in [0.2, 0.25) is 5.91 Å². The summed E-state index contributed by atoms with van der Waals surface area (Å²) in [5.41, 5.74) is 1.64. The SMILES string of the molecule is CCCc1cc(=O)n(CC(=O)Nc2ccc(C(C)=O)cc2)cn1. The molecule has 1 aromatic heterocycles. The van der Waals surface area contributed by atoms with Gasteiger partial charge in [-0.05, 0) is 37.6 Å². The van der Waals surface area contributed by atoms with Crippen LogP contribution in [0.25, 0.3) is 0 Å². The van der Waals surface area contributed by atoms with E-state index < -0.39 is 0 Å². The van der Waals surface area contributed by atoms with Crippen molar-refractivity contribution in [3.8, 4) is 0 Å². The van der Waals surface area contributed by atoms with Gasteiger partial charge in [0.05, 0.1) is 6.33 Å². The molecular formula is C17H19N3O3. The molecule has 0 saturated heterocycles. The molecule has 0 aliphatic rings. The summed E-state index contributed by atoms with van der Waals surface area (Å²) < 4.78 is 1.26. The number of hydrogen-bond donors (Lipinski definition) is 1. The first kappa shape index (κ1) is 16.6. The number of aromatic nitrogens is 2. The number of carbonyl (C=O) groups is 2. The largest absolute Gasteiger partial charge is 0.325 e. The second kappa shape index (κ2) is 7.49. The smallest absolute Gasteiger partial charge is 0.253 e. The lowest BCUT2D eigenvalue weighted by Crippen LogP contribution is -2.27. The van der Waals surface area contributed by atoms with Gasteiger partial charge in [-0.2, -0.15) is 0 Å². The van der Waals surface area contributed by atoms with Crippen molar-refractivity contribution in [1.29, 1.82) is 0 Å². The molecule has 2 rings (SSSR count). The molecule has 23 heavy (non-hydrogen) atoms. The van der Waals surface area contributed by atoms with E-state index >= 15 is 0 Å². The highest BCUT2D eigenvalue weighted by Crippen LogP contribution is 2.10. The molecule has 0 atom stereocenters. The van der Waals surface area contributed by atoms with Crippen molar-refractivity contribution in [1.82, 2.24) is 9.55 Å². The Hall–Kier alpha value is -2.76. The molecule has 0 aliphatic heterocycles. The van der Waals surface area contributed by atoms with Crippen LogP contribution in [0, 0.1) is 0 Å². The summed E-state index contributed by atoms with van der Waals surface area (Å²) in [4.78, 5) is 39.3. The third-order valence-corrected chi connectivity index (χ3v) is 3.33. The molecule has 1 N–H and O–H groups in total. The number of amides is 1. The van der Waals surface area contributed by atoms with Crippen LogP contribution in [0.15, 0.2) is 41.5 Å². The third kappa shape index (κ3) is 4.60. The van der Waals surface area contributed by atoms with Crippen molar-refractivity contribution in [2.24, 2.45) is 0 Å². The Bertz CT molecular complexity index is 763. The summed E-state index contributed by atoms with van der Waals surface area (Å²) in [5, 5.41) is 2.69. The summed E-state index contributed by atoms with van der Waals surface area (Å²) in [7, 11) is 0. The van der Waals surface area contributed by atoms with Crippen LogP contribution in [0.3, 0.4) is 0 Å². The van der Waals surface area contributed by atoms with Crippen molar-refractivity contribution in [2.75, 3.05) is 5.32 Å². The quantitative estimate of drug-likeness (QED) is 0.827. The molecule has 1 heterocycles. The first-order chi connectivity index (χ1) is 11.0. The van der Waals surface area contributed by atoms with Crippen molar-refractivity contribution < 1.29 is 9.59 Å². The molecule has 1 aromatic carbocycles. The van der Waals surface area contributed by atoms with E-state index in [1.54, 1.807) is 24.3 Å². The summed E-state index contributed by atoms with van der Waals surface area (Å²) in [6, 6.07) is 8.05. The number of hydrogen-bond acceptors (Lipinski definition) is 4. The molecule has 0 bridgehead atoms. The van der Waals surface area contributed by atoms with E-state index in [1.807, 2.05) is 6.92 Å². The topological polar surface area (TPSA) is 81.1 Å². The van der Waals surface area contributed by atoms with Crippen molar-refractivity contribution in [3.05, 3.63) is 58.3 Å². The van der Waals surface area contributed by atoms with Gasteiger partial charge in [-0.25, -0.2) is 4.98 Å². The zero-order chi connectivity index (χ0) is 16.8. The minimum atomic E-state index is -0.326. The monoisotopic (exact) mass is 313 g/mol. The number of nitrogens with zero attached hydrogens (tertiary/aromatic N) is 2. The van der Waals surface area contributed by atoms with Gasteiger partial charge in [0.25, 0.3) is 5.56 Å². The lowest BCUT2D eigenvalue weighted by Gasteiger charge is -2.08. The van der Waals surface area contributed by atoms with E-state index in [0.717, 1.165) is 18.5 Å². The fourth-order valence-corrected chi connectivity index (χ4v) is 2.12. The molecule has 6 heteroatoms. The average Bonchev–Trinajstić information content (AvgIpc) is 2.51. The van der Waals surface area contributed by atoms with E-state index in [-0.39, 0.29) is 23.8 Å². The Kier molecular flexibility index (Phi) is 5.41. The number of anilines is 1. The molecule has 120 valence electrons. The first-order valence-electron chi connectivity index (χ1n) is 7.46. The Balaban J connectivity index is 2.02. The zero-order valence-electron chi connectivity index (χ0n) is 13.2. The fraction of sp³-hybridized carbons (Fsp3) is 0.294. The second-order valence-corrected chi connectivity index (χ2v) is 5.28. The normalized spacial score (nSPS) is 10.3. The van der Waals surface area contributed by atoms with Crippen molar-refractivity contribution in [3.63, 3.8) is 0 Å². The lowest BCUT2D eigenvalue weighted by atomic mass is 10.1. The molecule has 0 fully saturated rings. The summed E-state index contributed by atoms with van der Waals surface area (Å²) >= 11 is 0. The fourth-order valence-electron chi connectivity index (χ4n) is 2.12. The van der Waals surface area contributed by atoms with Crippen LogP contribution in [0.1, 0.15) is 36.3 Å². The van der Waals surface area contributed by atoms with Gasteiger partial charge in [0.15, 0.2) is 5.78 Å². The Morgan fingerprint density at radius 1 is 1.22 bits per heavy atom. The minimum absolute atomic E-state index is 0.0346. The Labute approximate surface area is 134 Å². The predicted molar refractivity (Wildman–Crippen MR) is 87.6 cm³/mol. The first-order valence-corrected chi connectivity index (χ1v) is 7.46. The van der Waals surface area contributed by atoms with E-state index in [2.05, 4.69) is 10.3 Å². The highest BCUT2D eigenvalue weighted by atomic mass is 16.2. The Morgan fingerprint density at radius 2 is 1.91 bits per heavy atom. The van der Waals surface area contributed by atoms with Crippen LogP contribution in [0.5, 0.6) is 0 Å². The average molecular weight is 313 g/mol. The van der Waals surface area contributed by atoms with Crippen LogP contribution in [-0.4, -0.2) is 21.2 Å². The van der Waals surface area contributed by atoms with Crippen LogP contribution in [0.4, 0.5) is 5.69 Å². The summed E-state index contributed by atoms with van der Waals surface area (Å²) in [5.74, 6) is -0.361. The van der Waals surface area contributed by atoms with Gasteiger partial charge < -0.3 is 5.32 Å². The number of aryl methyl sites for hydroxylation is 1. The molecule has 6 nitrogen and oxygen atoms in total. The number of benzene rings is 1. The molecule has 0 radical (unpaired) electrons. The molecule has 0 spiro atoms. The minimum Gasteiger partial charge on any atom is -0.325 e. The number of ketones is 1. The van der Waals surface area contributed by atoms with Crippen LogP contribution in [-0.2, 0) is 17.8 Å². The number of carbonyl (C=O) groups excluding carboxylic acids is 2. The maximum Gasteiger partial charge on any atom is 0.253 e. The number of rotatable bonds is 6. The molecule has 2 aromatic rings. The van der Waals surface area contributed by atoms with Crippen LogP contribution in [0.2, 0.25) is 0 Å². The molecule has 1 amide bonds. The Morgan fingerprint density at radius 3 is 2.48 bits per heavy atom. The third-order valence-electron chi connectivity index (χ3n) is 3.33. The van der Waals surface area contributed by atoms with Crippen LogP contribution >= 0.6 is 0 Å². The van der Waals surface area contributed by atoms with Crippen molar-refractivity contribution in [2.45, 2.75) is 33.2 Å². The van der Waals surface area contributed by atoms with E-state index in [0.29, 0.717) is 11.3 Å². The van der Waals surface area contributed by atoms with Gasteiger partial charge in [-0.15, -0.1) is 0 Å². The molecule has 0 unspecified atom stereocenters. The highest BCUT2D eigenvalue weighted by molar-refractivity contribution is 5.95. The van der Waals surface area contributed by atoms with Gasteiger partial charge >= 0.3 is 0 Å². The second-order valence-electron chi connectivity index (χ2n) is 5.28. The van der Waals surface area contributed by atoms with E-state index in [1.165, 1.54) is 23.9 Å². The molecular weight excluding hydrogens is 294 g/mol. The zero-order valence-corrected chi connectivity index (χ0v) is 13.2. The summed E-state index contributed by atoms with van der Waals surface area (Å²) in [6.45, 7) is 3.39. The van der Waals surface area contributed by atoms with Gasteiger partial charge in [-0.1, -0.05) is 13.3 Å². The van der Waals surface area contributed by atoms with Crippen LogP contribution < -0.4 is 10.9 Å². The highest BCUT2D eigenvalue weighted by Gasteiger charge is 2.07. The number of Topliss-reactive ketones (excluding diaryl/α,β-unsaturated/α-hetero) is 1. The standard InChI is InChI=1S/C17H19N3O3/c1-3-4-15-9-17(23)20(11-18-15)10-16(22)19-14-7-5-13(6-8-14)12(2)21/h5-9,11H,3-4,10H2,1-2H3,(H,19,22). The maximum atomic E-state index is 12.0. The van der Waals surface area contributed by atoms with Gasteiger partial charge in [0, 0.05) is 23.0 Å². The molecule has 0 aliphatic carbocycles. The lowest BCUT2D eigenvalue weighted by molar-refractivity contribution is -0.116. The summed E-state index contributed by atoms with van der Waals surface area (Å²) in [6.07, 6.45) is 3.05. The molecule has 0 saturated carbocycles. The van der Waals surface area contributed by atoms with Gasteiger partial charge in [-0.3, -0.25) is 19.0 Å². The maximum absolute atomic E-state index is 12.0. The van der Waals surface area contributed by atoms with E-state index in [4.69, 9.17) is 0 Å². The number of nitrogens with one attached hydrogen (secondary N) is 1. The van der Waals surface area contributed by atoms with E-state index in [9.17, 15) is 14.4 Å². The van der Waals surface area contributed by atoms with Gasteiger partial charge in [0.1, 0.15) is 6.54 Å².